The smallest absolute Gasteiger partial charge is 0.251 e. The number of thioether (sulfide) groups is 1. The van der Waals surface area contributed by atoms with E-state index in [1.165, 1.54) is 23.1 Å². The second-order valence-electron chi connectivity index (χ2n) is 6.35. The van der Waals surface area contributed by atoms with E-state index in [0.29, 0.717) is 34.0 Å². The van der Waals surface area contributed by atoms with Crippen molar-refractivity contribution < 1.29 is 19.4 Å². The van der Waals surface area contributed by atoms with Crippen molar-refractivity contribution in [1.82, 2.24) is 25.1 Å². The molecule has 1 atom stereocenters. The average Bonchev–Trinajstić information content (AvgIpc) is 3.46. The van der Waals surface area contributed by atoms with Gasteiger partial charge in [-0.1, -0.05) is 17.8 Å². The number of rotatable bonds is 11. The fourth-order valence-corrected chi connectivity index (χ4v) is 4.01. The van der Waals surface area contributed by atoms with E-state index < -0.39 is 6.04 Å². The number of aliphatic hydroxyl groups is 1. The predicted molar refractivity (Wildman–Crippen MR) is 122 cm³/mol. The van der Waals surface area contributed by atoms with Gasteiger partial charge in [-0.3, -0.25) is 9.59 Å². The number of allylic oxidation sites excluding steroid dienone is 1. The highest BCUT2D eigenvalue weighted by atomic mass is 32.2. The van der Waals surface area contributed by atoms with Gasteiger partial charge in [-0.15, -0.1) is 28.1 Å². The molecule has 0 unspecified atom stereocenters. The van der Waals surface area contributed by atoms with Crippen molar-refractivity contribution >= 4 is 40.0 Å². The maximum atomic E-state index is 12.6. The number of anilines is 1. The summed E-state index contributed by atoms with van der Waals surface area (Å²) in [5.74, 6) is 0.475. The zero-order valence-corrected chi connectivity index (χ0v) is 18.9. The lowest BCUT2D eigenvalue weighted by molar-refractivity contribution is -0.113. The van der Waals surface area contributed by atoms with Gasteiger partial charge in [0.25, 0.3) is 5.91 Å². The SMILES string of the molecule is C=CCn1c(SCC(=O)Nc2nccs2)nnc1[C@@H](CO)NC(=O)c1ccc(OC)cc1. The molecule has 2 amide bonds. The highest BCUT2D eigenvalue weighted by molar-refractivity contribution is 7.99. The Kier molecular flexibility index (Phi) is 8.36. The third-order valence-electron chi connectivity index (χ3n) is 4.22. The fourth-order valence-electron chi connectivity index (χ4n) is 2.71. The first kappa shape index (κ1) is 23.4. The Morgan fingerprint density at radius 1 is 1.34 bits per heavy atom. The van der Waals surface area contributed by atoms with Crippen molar-refractivity contribution in [3.8, 4) is 5.75 Å². The summed E-state index contributed by atoms with van der Waals surface area (Å²) in [6.07, 6.45) is 3.25. The van der Waals surface area contributed by atoms with Crippen LogP contribution in [0.2, 0.25) is 0 Å². The summed E-state index contributed by atoms with van der Waals surface area (Å²) in [7, 11) is 1.54. The van der Waals surface area contributed by atoms with E-state index in [4.69, 9.17) is 4.74 Å². The van der Waals surface area contributed by atoms with Gasteiger partial charge in [0.15, 0.2) is 16.1 Å². The molecule has 168 valence electrons. The van der Waals surface area contributed by atoms with Crippen molar-refractivity contribution in [3.05, 3.63) is 59.9 Å². The molecule has 0 aliphatic heterocycles. The van der Waals surface area contributed by atoms with E-state index in [1.54, 1.807) is 53.6 Å². The zero-order valence-electron chi connectivity index (χ0n) is 17.2. The van der Waals surface area contributed by atoms with Gasteiger partial charge in [0.05, 0.1) is 19.5 Å². The van der Waals surface area contributed by atoms with Crippen LogP contribution in [0, 0.1) is 0 Å². The van der Waals surface area contributed by atoms with Crippen LogP contribution in [0.3, 0.4) is 0 Å². The van der Waals surface area contributed by atoms with Gasteiger partial charge in [-0.05, 0) is 24.3 Å². The number of nitrogens with zero attached hydrogens (tertiary/aromatic N) is 4. The molecule has 0 spiro atoms. The molecule has 0 bridgehead atoms. The quantitative estimate of drug-likeness (QED) is 0.284. The van der Waals surface area contributed by atoms with Crippen LogP contribution in [-0.4, -0.2) is 56.1 Å². The van der Waals surface area contributed by atoms with Crippen molar-refractivity contribution in [2.75, 3.05) is 24.8 Å². The van der Waals surface area contributed by atoms with Gasteiger partial charge in [0.2, 0.25) is 5.91 Å². The molecule has 12 heteroatoms. The second-order valence-corrected chi connectivity index (χ2v) is 8.19. The van der Waals surface area contributed by atoms with Gasteiger partial charge in [-0.2, -0.15) is 0 Å². The number of carbonyl (C=O) groups is 2. The molecule has 3 N–H and O–H groups in total. The molecule has 1 aromatic carbocycles. The van der Waals surface area contributed by atoms with Crippen LogP contribution in [0.5, 0.6) is 5.75 Å². The average molecular weight is 475 g/mol. The minimum absolute atomic E-state index is 0.0941. The molecule has 10 nitrogen and oxygen atoms in total. The zero-order chi connectivity index (χ0) is 22.9. The summed E-state index contributed by atoms with van der Waals surface area (Å²) < 4.78 is 6.80. The standard InChI is InChI=1S/C20H22N6O4S2/c1-3-9-26-17(15(11-27)22-18(29)13-4-6-14(30-2)7-5-13)24-25-20(26)32-12-16(28)23-19-21-8-10-31-19/h3-8,10,15,27H,1,9,11-12H2,2H3,(H,22,29)(H,21,23,28)/t15-/m1/s1. The van der Waals surface area contributed by atoms with Gasteiger partial charge < -0.3 is 25.0 Å². The second kappa shape index (κ2) is 11.4. The van der Waals surface area contributed by atoms with Crippen LogP contribution in [-0.2, 0) is 11.3 Å². The van der Waals surface area contributed by atoms with E-state index in [1.807, 2.05) is 0 Å². The molecule has 0 aliphatic carbocycles. The van der Waals surface area contributed by atoms with E-state index in [-0.39, 0.29) is 24.2 Å². The Morgan fingerprint density at radius 3 is 2.75 bits per heavy atom. The van der Waals surface area contributed by atoms with Crippen LogP contribution in [0.15, 0.2) is 53.7 Å². The topological polar surface area (TPSA) is 131 Å². The summed E-state index contributed by atoms with van der Waals surface area (Å²) >= 11 is 2.51. The number of carbonyl (C=O) groups excluding carboxylic acids is 2. The highest BCUT2D eigenvalue weighted by Gasteiger charge is 2.23. The minimum Gasteiger partial charge on any atom is -0.497 e. The van der Waals surface area contributed by atoms with Crippen molar-refractivity contribution in [2.24, 2.45) is 0 Å². The van der Waals surface area contributed by atoms with Crippen LogP contribution in [0.4, 0.5) is 5.13 Å². The molecular formula is C20H22N6O4S2. The van der Waals surface area contributed by atoms with Crippen molar-refractivity contribution in [3.63, 3.8) is 0 Å². The number of amides is 2. The first-order valence-electron chi connectivity index (χ1n) is 9.47. The lowest BCUT2D eigenvalue weighted by Gasteiger charge is -2.17. The fraction of sp³-hybridized carbons (Fsp3) is 0.250. The Balaban J connectivity index is 1.70. The molecule has 0 fully saturated rings. The molecule has 3 rings (SSSR count). The number of aromatic nitrogens is 4. The number of hydrogen-bond acceptors (Lipinski definition) is 9. The van der Waals surface area contributed by atoms with E-state index in [0.717, 1.165) is 0 Å². The third kappa shape index (κ3) is 5.93. The number of benzene rings is 1. The van der Waals surface area contributed by atoms with E-state index in [2.05, 4.69) is 32.4 Å². The number of hydrogen-bond donors (Lipinski definition) is 3. The number of methoxy groups -OCH3 is 1. The minimum atomic E-state index is -0.796. The maximum absolute atomic E-state index is 12.6. The number of aliphatic hydroxyl groups excluding tert-OH is 1. The molecular weight excluding hydrogens is 452 g/mol. The summed E-state index contributed by atoms with van der Waals surface area (Å²) in [6.45, 7) is 3.70. The van der Waals surface area contributed by atoms with Gasteiger partial charge >= 0.3 is 0 Å². The lowest BCUT2D eigenvalue weighted by Crippen LogP contribution is -2.33. The van der Waals surface area contributed by atoms with Crippen LogP contribution < -0.4 is 15.4 Å². The summed E-state index contributed by atoms with van der Waals surface area (Å²) in [5, 5.41) is 26.4. The Labute approximate surface area is 192 Å². The maximum Gasteiger partial charge on any atom is 0.251 e. The molecule has 2 heterocycles. The van der Waals surface area contributed by atoms with E-state index in [9.17, 15) is 14.7 Å². The number of nitrogens with one attached hydrogen (secondary N) is 2. The van der Waals surface area contributed by atoms with Crippen molar-refractivity contribution in [2.45, 2.75) is 17.7 Å². The van der Waals surface area contributed by atoms with Gasteiger partial charge in [0.1, 0.15) is 11.8 Å². The first-order valence-corrected chi connectivity index (χ1v) is 11.3. The Hall–Kier alpha value is -3.22. The highest BCUT2D eigenvalue weighted by Crippen LogP contribution is 2.22. The summed E-state index contributed by atoms with van der Waals surface area (Å²) in [5.41, 5.74) is 0.410. The Bertz CT molecular complexity index is 1050. The summed E-state index contributed by atoms with van der Waals surface area (Å²) in [4.78, 5) is 28.8. The predicted octanol–water partition coefficient (Wildman–Crippen LogP) is 2.12. The third-order valence-corrected chi connectivity index (χ3v) is 5.88. The number of ether oxygens (including phenoxy) is 1. The van der Waals surface area contributed by atoms with Crippen LogP contribution >= 0.6 is 23.1 Å². The largest absolute Gasteiger partial charge is 0.497 e. The monoisotopic (exact) mass is 474 g/mol. The Morgan fingerprint density at radius 2 is 2.12 bits per heavy atom. The molecule has 0 saturated carbocycles. The molecule has 2 aromatic heterocycles. The van der Waals surface area contributed by atoms with Crippen LogP contribution in [0.25, 0.3) is 0 Å². The lowest BCUT2D eigenvalue weighted by atomic mass is 10.2. The van der Waals surface area contributed by atoms with Crippen LogP contribution in [0.1, 0.15) is 22.2 Å². The molecule has 0 aliphatic rings. The summed E-state index contributed by atoms with van der Waals surface area (Å²) in [6, 6.07) is 5.80. The molecule has 32 heavy (non-hydrogen) atoms. The first-order chi connectivity index (χ1) is 15.5. The van der Waals surface area contributed by atoms with Gasteiger partial charge in [-0.25, -0.2) is 4.98 Å². The normalized spacial score (nSPS) is 11.6. The van der Waals surface area contributed by atoms with E-state index >= 15 is 0 Å². The number of thiazole rings is 1. The molecule has 0 saturated heterocycles. The van der Waals surface area contributed by atoms with Gasteiger partial charge in [0, 0.05) is 23.7 Å². The molecule has 3 aromatic rings. The van der Waals surface area contributed by atoms with Crippen molar-refractivity contribution in [1.29, 1.82) is 0 Å². The molecule has 0 radical (unpaired) electrons.